The van der Waals surface area contributed by atoms with Crippen LogP contribution >= 0.6 is 0 Å². The number of unbranched alkanes of at least 4 members (excludes halogenated alkanes) is 32. The quantitative estimate of drug-likeness (QED) is 0.0261. The van der Waals surface area contributed by atoms with E-state index in [4.69, 9.17) is 14.2 Å². The summed E-state index contributed by atoms with van der Waals surface area (Å²) in [6, 6.07) is 0. The van der Waals surface area contributed by atoms with Gasteiger partial charge in [-0.3, -0.25) is 14.4 Å². The topological polar surface area (TPSA) is 78.9 Å². The monoisotopic (exact) mass is 1150 g/mol. The lowest BCUT2D eigenvalue weighted by Crippen LogP contribution is -2.30. The highest BCUT2D eigenvalue weighted by molar-refractivity contribution is 5.71. The van der Waals surface area contributed by atoms with E-state index < -0.39 is 6.10 Å². The molecule has 0 radical (unpaired) electrons. The molecule has 0 saturated carbocycles. The fourth-order valence-electron chi connectivity index (χ4n) is 9.73. The molecule has 0 fully saturated rings. The van der Waals surface area contributed by atoms with Crippen molar-refractivity contribution in [3.05, 3.63) is 122 Å². The van der Waals surface area contributed by atoms with Gasteiger partial charge in [0.05, 0.1) is 0 Å². The third-order valence-corrected chi connectivity index (χ3v) is 15.0. The maximum atomic E-state index is 12.9. The van der Waals surface area contributed by atoms with Crippen molar-refractivity contribution >= 4 is 17.9 Å². The van der Waals surface area contributed by atoms with Gasteiger partial charge in [0.2, 0.25) is 0 Å². The number of hydrogen-bond donors (Lipinski definition) is 0. The zero-order valence-electron chi connectivity index (χ0n) is 54.4. The summed E-state index contributed by atoms with van der Waals surface area (Å²) in [7, 11) is 0. The average molecular weight is 1150 g/mol. The van der Waals surface area contributed by atoms with Crippen LogP contribution in [0.4, 0.5) is 0 Å². The molecule has 6 nitrogen and oxygen atoms in total. The Hall–Kier alpha value is -4.19. The lowest BCUT2D eigenvalue weighted by Gasteiger charge is -2.18. The molecule has 474 valence electrons. The van der Waals surface area contributed by atoms with Gasteiger partial charge < -0.3 is 14.2 Å². The minimum atomic E-state index is -0.785. The average Bonchev–Trinajstić information content (AvgIpc) is 3.49. The summed E-state index contributed by atoms with van der Waals surface area (Å²) in [5, 5.41) is 0. The molecule has 0 aliphatic rings. The Balaban J connectivity index is 4.24. The van der Waals surface area contributed by atoms with Crippen LogP contribution in [0.1, 0.15) is 329 Å². The predicted octanol–water partition coefficient (Wildman–Crippen LogP) is 24.3. The highest BCUT2D eigenvalue weighted by Crippen LogP contribution is 2.17. The highest BCUT2D eigenvalue weighted by Gasteiger charge is 2.19. The maximum Gasteiger partial charge on any atom is 0.306 e. The third kappa shape index (κ3) is 68.5. The van der Waals surface area contributed by atoms with Crippen molar-refractivity contribution in [1.29, 1.82) is 0 Å². The molecule has 0 spiro atoms. The molecule has 0 aliphatic carbocycles. The van der Waals surface area contributed by atoms with Crippen LogP contribution in [0.2, 0.25) is 0 Å². The van der Waals surface area contributed by atoms with Crippen LogP contribution in [-0.2, 0) is 28.6 Å². The van der Waals surface area contributed by atoms with Crippen LogP contribution in [-0.4, -0.2) is 37.2 Å². The van der Waals surface area contributed by atoms with E-state index in [-0.39, 0.29) is 31.1 Å². The number of hydrogen-bond acceptors (Lipinski definition) is 6. The van der Waals surface area contributed by atoms with Gasteiger partial charge in [-0.05, 0) is 116 Å². The summed E-state index contributed by atoms with van der Waals surface area (Å²) in [6.07, 6.45) is 97.9. The van der Waals surface area contributed by atoms with Crippen molar-refractivity contribution in [2.75, 3.05) is 13.2 Å². The van der Waals surface area contributed by atoms with E-state index in [1.807, 2.05) is 0 Å². The van der Waals surface area contributed by atoms with E-state index in [9.17, 15) is 14.4 Å². The molecule has 0 aromatic rings. The van der Waals surface area contributed by atoms with Gasteiger partial charge in [0.15, 0.2) is 6.10 Å². The molecule has 0 aliphatic heterocycles. The lowest BCUT2D eigenvalue weighted by atomic mass is 10.0. The number of allylic oxidation sites excluding steroid dienone is 20. The molecule has 1 unspecified atom stereocenters. The number of rotatable bonds is 63. The van der Waals surface area contributed by atoms with Gasteiger partial charge in [-0.15, -0.1) is 0 Å². The molecule has 6 heteroatoms. The van der Waals surface area contributed by atoms with Gasteiger partial charge in [0, 0.05) is 19.3 Å². The molecule has 0 aromatic heterocycles. The van der Waals surface area contributed by atoms with E-state index >= 15 is 0 Å². The van der Waals surface area contributed by atoms with Gasteiger partial charge in [-0.2, -0.15) is 0 Å². The Morgan fingerprint density at radius 2 is 0.470 bits per heavy atom. The molecule has 1 atom stereocenters. The number of carbonyl (C=O) groups is 3. The lowest BCUT2D eigenvalue weighted by molar-refractivity contribution is -0.167. The van der Waals surface area contributed by atoms with Crippen molar-refractivity contribution in [3.8, 4) is 0 Å². The van der Waals surface area contributed by atoms with Gasteiger partial charge in [0.25, 0.3) is 0 Å². The Bertz CT molecular complexity index is 1700. The molecule has 0 N–H and O–H groups in total. The fourth-order valence-corrected chi connectivity index (χ4v) is 9.73. The standard InChI is InChI=1S/C77H130O6/c1-4-7-10-13-16-19-22-25-27-29-30-31-32-33-34-35-36-37-38-39-40-41-42-43-44-45-46-48-49-52-55-58-61-64-67-70-76(79)82-73-74(72-81-75(78)69-66-63-60-57-54-51-24-21-18-15-12-9-6-3)83-77(80)71-68-65-62-59-56-53-50-47-28-26-23-20-17-14-11-8-5-2/h7,10,16-17,19-20,25-28,30-31,33-34,36-37,39-40,42-43,74H,4-6,8-9,11-15,18,21-24,29,32,35,38,41,44-73H2,1-3H3/b10-7-,19-16-,20-17-,27-25-,28-26-,31-30-,34-33-,37-36-,40-39-,43-42-. The molecular weight excluding hydrogens is 1020 g/mol. The highest BCUT2D eigenvalue weighted by atomic mass is 16.6. The minimum absolute atomic E-state index is 0.0800. The summed E-state index contributed by atoms with van der Waals surface area (Å²) >= 11 is 0. The Labute approximate surface area is 513 Å². The van der Waals surface area contributed by atoms with E-state index in [0.717, 1.165) is 122 Å². The molecule has 0 bridgehead atoms. The van der Waals surface area contributed by atoms with Gasteiger partial charge in [0.1, 0.15) is 13.2 Å². The Morgan fingerprint density at radius 1 is 0.253 bits per heavy atom. The second-order valence-corrected chi connectivity index (χ2v) is 23.1. The molecule has 0 amide bonds. The second kappa shape index (κ2) is 70.3. The zero-order valence-corrected chi connectivity index (χ0v) is 54.4. The van der Waals surface area contributed by atoms with Gasteiger partial charge in [-0.25, -0.2) is 0 Å². The first-order valence-electron chi connectivity index (χ1n) is 35.0. The van der Waals surface area contributed by atoms with E-state index in [2.05, 4.69) is 142 Å². The van der Waals surface area contributed by atoms with Crippen LogP contribution in [0.25, 0.3) is 0 Å². The normalized spacial score (nSPS) is 12.9. The summed E-state index contributed by atoms with van der Waals surface area (Å²) in [5.74, 6) is -0.881. The smallest absolute Gasteiger partial charge is 0.306 e. The molecule has 0 heterocycles. The first-order valence-corrected chi connectivity index (χ1v) is 35.0. The predicted molar refractivity (Wildman–Crippen MR) is 362 cm³/mol. The van der Waals surface area contributed by atoms with E-state index in [0.29, 0.717) is 19.3 Å². The largest absolute Gasteiger partial charge is 0.462 e. The first kappa shape index (κ1) is 78.8. The van der Waals surface area contributed by atoms with Gasteiger partial charge in [-0.1, -0.05) is 316 Å². The van der Waals surface area contributed by atoms with Crippen molar-refractivity contribution in [1.82, 2.24) is 0 Å². The van der Waals surface area contributed by atoms with Crippen LogP contribution in [0.15, 0.2) is 122 Å². The van der Waals surface area contributed by atoms with Crippen LogP contribution in [0.5, 0.6) is 0 Å². The van der Waals surface area contributed by atoms with E-state index in [1.54, 1.807) is 0 Å². The third-order valence-electron chi connectivity index (χ3n) is 15.0. The summed E-state index contributed by atoms with van der Waals surface area (Å²) < 4.78 is 16.9. The molecule has 0 saturated heterocycles. The Kier molecular flexibility index (Phi) is 66.7. The summed E-state index contributed by atoms with van der Waals surface area (Å²) in [4.78, 5) is 38.4. The first-order chi connectivity index (χ1) is 41.0. The number of esters is 3. The molecule has 83 heavy (non-hydrogen) atoms. The number of carbonyl (C=O) groups excluding carboxylic acids is 3. The maximum absolute atomic E-state index is 12.9. The van der Waals surface area contributed by atoms with Crippen LogP contribution < -0.4 is 0 Å². The van der Waals surface area contributed by atoms with Gasteiger partial charge >= 0.3 is 17.9 Å². The van der Waals surface area contributed by atoms with Crippen molar-refractivity contribution in [2.45, 2.75) is 335 Å². The van der Waals surface area contributed by atoms with Crippen molar-refractivity contribution < 1.29 is 28.6 Å². The van der Waals surface area contributed by atoms with Crippen LogP contribution in [0.3, 0.4) is 0 Å². The molecular formula is C77H130O6. The SMILES string of the molecule is CC/C=C\C/C=C\C/C=C\C/C=C\C/C=C\C/C=C\C/C=C\C/C=C\CCCCCCCCCCCCC(=O)OCC(COC(=O)CCCCCCCCCCCCCCC)OC(=O)CCCCCCCCC/C=C\C/C=C\CCCCC. The zero-order chi connectivity index (χ0) is 59.9. The fraction of sp³-hybridized carbons (Fsp3) is 0.701. The second-order valence-electron chi connectivity index (χ2n) is 23.1. The summed E-state index contributed by atoms with van der Waals surface area (Å²) in [6.45, 7) is 6.52. The van der Waals surface area contributed by atoms with Crippen molar-refractivity contribution in [3.63, 3.8) is 0 Å². The Morgan fingerprint density at radius 3 is 0.759 bits per heavy atom. The number of ether oxygens (including phenoxy) is 3. The molecule has 0 aromatic carbocycles. The molecule has 0 rings (SSSR count). The van der Waals surface area contributed by atoms with E-state index in [1.165, 1.54) is 167 Å². The summed E-state index contributed by atoms with van der Waals surface area (Å²) in [5.41, 5.74) is 0. The minimum Gasteiger partial charge on any atom is -0.462 e. The van der Waals surface area contributed by atoms with Crippen molar-refractivity contribution in [2.24, 2.45) is 0 Å². The van der Waals surface area contributed by atoms with Crippen LogP contribution in [0, 0.1) is 0 Å².